The van der Waals surface area contributed by atoms with E-state index in [-0.39, 0.29) is 22.7 Å². The second-order valence-electron chi connectivity index (χ2n) is 4.39. The lowest BCUT2D eigenvalue weighted by atomic mass is 10.2. The van der Waals surface area contributed by atoms with E-state index in [0.29, 0.717) is 6.42 Å². The molecule has 0 fully saturated rings. The van der Waals surface area contributed by atoms with Crippen molar-refractivity contribution in [2.24, 2.45) is 0 Å². The Morgan fingerprint density at radius 3 is 2.52 bits per heavy atom. The molecule has 0 heterocycles. The van der Waals surface area contributed by atoms with Gasteiger partial charge in [0, 0.05) is 18.2 Å². The molecule has 8 nitrogen and oxygen atoms in total. The highest BCUT2D eigenvalue weighted by atomic mass is 32.2. The van der Waals surface area contributed by atoms with Crippen LogP contribution in [-0.2, 0) is 14.8 Å². The van der Waals surface area contributed by atoms with Gasteiger partial charge in [0.15, 0.2) is 0 Å². The summed E-state index contributed by atoms with van der Waals surface area (Å²) in [5.74, 6) is -1.28. The summed E-state index contributed by atoms with van der Waals surface area (Å²) in [6, 6.07) is 3.71. The number of carboxylic acid groups (broad SMARTS) is 1. The summed E-state index contributed by atoms with van der Waals surface area (Å²) in [4.78, 5) is 20.8. The molecule has 0 aliphatic carbocycles. The molecule has 0 aliphatic rings. The molecule has 1 rings (SSSR count). The molecule has 0 aliphatic heterocycles. The third-order valence-electron chi connectivity index (χ3n) is 2.85. The van der Waals surface area contributed by atoms with Crippen molar-refractivity contribution in [1.29, 1.82) is 0 Å². The Bertz CT molecular complexity index is 656. The fraction of sp³-hybridized carbons (Fsp3) is 0.417. The second-order valence-corrected chi connectivity index (χ2v) is 6.30. The lowest BCUT2D eigenvalue weighted by Crippen LogP contribution is -2.36. The Balaban J connectivity index is 3.38. The molecule has 9 heteroatoms. The summed E-state index contributed by atoms with van der Waals surface area (Å²) in [7, 11) is -4.10. The Kier molecular flexibility index (Phi) is 5.39. The van der Waals surface area contributed by atoms with Crippen LogP contribution in [0.1, 0.15) is 18.9 Å². The topological polar surface area (TPSA) is 118 Å². The van der Waals surface area contributed by atoms with Crippen molar-refractivity contribution >= 4 is 21.7 Å². The van der Waals surface area contributed by atoms with E-state index >= 15 is 0 Å². The number of sulfonamides is 1. The molecule has 0 amide bonds. The van der Waals surface area contributed by atoms with Gasteiger partial charge in [-0.1, -0.05) is 13.0 Å². The van der Waals surface area contributed by atoms with Gasteiger partial charge in [0.05, 0.1) is 9.82 Å². The molecule has 0 unspecified atom stereocenters. The monoisotopic (exact) mass is 316 g/mol. The van der Waals surface area contributed by atoms with Gasteiger partial charge in [0.2, 0.25) is 10.0 Å². The summed E-state index contributed by atoms with van der Waals surface area (Å²) in [6.07, 6.45) is 0.431. The maximum absolute atomic E-state index is 12.5. The molecule has 0 radical (unpaired) electrons. The fourth-order valence-corrected chi connectivity index (χ4v) is 3.63. The quantitative estimate of drug-likeness (QED) is 0.600. The Morgan fingerprint density at radius 1 is 1.43 bits per heavy atom. The Hall–Kier alpha value is -2.00. The first-order valence-corrected chi connectivity index (χ1v) is 7.61. The molecule has 1 N–H and O–H groups in total. The highest BCUT2D eigenvalue weighted by Crippen LogP contribution is 2.27. The number of hydrogen-bond acceptors (Lipinski definition) is 5. The minimum absolute atomic E-state index is 0.00556. The van der Waals surface area contributed by atoms with Crippen molar-refractivity contribution < 1.29 is 23.2 Å². The SMILES string of the molecule is CCCN(CC(=O)O)S(=O)(=O)c1cccc([N+](=O)[O-])c1C. The number of aliphatic carboxylic acids is 1. The number of hydrogen-bond donors (Lipinski definition) is 1. The number of rotatable bonds is 7. The standard InChI is InChI=1S/C12H16N2O6S/c1-3-7-13(8-12(15)16)21(19,20)11-6-4-5-10(9(11)2)14(17)18/h4-6H,3,7-8H2,1-2H3,(H,15,16). The zero-order chi connectivity index (χ0) is 16.2. The van der Waals surface area contributed by atoms with Gasteiger partial charge in [-0.25, -0.2) is 8.42 Å². The highest BCUT2D eigenvalue weighted by molar-refractivity contribution is 7.89. The van der Waals surface area contributed by atoms with Gasteiger partial charge < -0.3 is 5.11 Å². The van der Waals surface area contributed by atoms with E-state index < -0.39 is 27.5 Å². The largest absolute Gasteiger partial charge is 0.480 e. The van der Waals surface area contributed by atoms with Crippen LogP contribution in [0.3, 0.4) is 0 Å². The van der Waals surface area contributed by atoms with E-state index in [0.717, 1.165) is 4.31 Å². The zero-order valence-electron chi connectivity index (χ0n) is 11.6. The molecule has 116 valence electrons. The molecular weight excluding hydrogens is 300 g/mol. The molecular formula is C12H16N2O6S. The van der Waals surface area contributed by atoms with Gasteiger partial charge in [-0.3, -0.25) is 14.9 Å². The molecule has 0 saturated carbocycles. The summed E-state index contributed by atoms with van der Waals surface area (Å²) in [6.45, 7) is 2.38. The normalized spacial score (nSPS) is 11.6. The van der Waals surface area contributed by atoms with Crippen LogP contribution in [0.5, 0.6) is 0 Å². The van der Waals surface area contributed by atoms with Gasteiger partial charge >= 0.3 is 5.97 Å². The molecule has 21 heavy (non-hydrogen) atoms. The van der Waals surface area contributed by atoms with E-state index in [2.05, 4.69) is 0 Å². The maximum Gasteiger partial charge on any atom is 0.318 e. The number of nitrogens with zero attached hydrogens (tertiary/aromatic N) is 2. The van der Waals surface area contributed by atoms with Crippen LogP contribution in [0.2, 0.25) is 0 Å². The molecule has 1 aromatic rings. The van der Waals surface area contributed by atoms with Crippen LogP contribution in [0.25, 0.3) is 0 Å². The molecule has 0 aromatic heterocycles. The number of nitro benzene ring substituents is 1. The summed E-state index contributed by atoms with van der Waals surface area (Å²) in [5.41, 5.74) is -0.322. The van der Waals surface area contributed by atoms with Crippen LogP contribution < -0.4 is 0 Å². The van der Waals surface area contributed by atoms with E-state index in [1.165, 1.54) is 25.1 Å². The van der Waals surface area contributed by atoms with Crippen molar-refractivity contribution in [2.75, 3.05) is 13.1 Å². The number of carboxylic acids is 1. The lowest BCUT2D eigenvalue weighted by molar-refractivity contribution is -0.385. The van der Waals surface area contributed by atoms with Gasteiger partial charge in [-0.2, -0.15) is 4.31 Å². The van der Waals surface area contributed by atoms with Gasteiger partial charge in [0.1, 0.15) is 6.54 Å². The second kappa shape index (κ2) is 6.64. The Labute approximate surface area is 122 Å². The number of carbonyl (C=O) groups is 1. The van der Waals surface area contributed by atoms with Crippen LogP contribution in [0, 0.1) is 17.0 Å². The van der Waals surface area contributed by atoms with E-state index in [1.807, 2.05) is 0 Å². The predicted octanol–water partition coefficient (Wildman–Crippen LogP) is 1.39. The van der Waals surface area contributed by atoms with Crippen molar-refractivity contribution in [1.82, 2.24) is 4.31 Å². The number of nitro groups is 1. The van der Waals surface area contributed by atoms with Crippen molar-refractivity contribution in [2.45, 2.75) is 25.2 Å². The average molecular weight is 316 g/mol. The lowest BCUT2D eigenvalue weighted by Gasteiger charge is -2.20. The zero-order valence-corrected chi connectivity index (χ0v) is 12.5. The smallest absolute Gasteiger partial charge is 0.318 e. The van der Waals surface area contributed by atoms with Crippen LogP contribution in [-0.4, -0.2) is 41.8 Å². The minimum Gasteiger partial charge on any atom is -0.480 e. The van der Waals surface area contributed by atoms with Crippen LogP contribution in [0.4, 0.5) is 5.69 Å². The van der Waals surface area contributed by atoms with E-state index in [9.17, 15) is 23.3 Å². The summed E-state index contributed by atoms with van der Waals surface area (Å²) < 4.78 is 25.8. The van der Waals surface area contributed by atoms with Crippen molar-refractivity contribution in [3.8, 4) is 0 Å². The first kappa shape index (κ1) is 17.1. The van der Waals surface area contributed by atoms with Gasteiger partial charge in [-0.15, -0.1) is 0 Å². The van der Waals surface area contributed by atoms with E-state index in [1.54, 1.807) is 6.92 Å². The van der Waals surface area contributed by atoms with Crippen LogP contribution >= 0.6 is 0 Å². The maximum atomic E-state index is 12.5. The molecule has 0 saturated heterocycles. The van der Waals surface area contributed by atoms with Crippen molar-refractivity contribution in [3.63, 3.8) is 0 Å². The first-order chi connectivity index (χ1) is 9.71. The third-order valence-corrected chi connectivity index (χ3v) is 4.84. The van der Waals surface area contributed by atoms with Crippen molar-refractivity contribution in [3.05, 3.63) is 33.9 Å². The Morgan fingerprint density at radius 2 is 2.05 bits per heavy atom. The molecule has 0 atom stereocenters. The van der Waals surface area contributed by atoms with E-state index in [4.69, 9.17) is 5.11 Å². The molecule has 0 bridgehead atoms. The minimum atomic E-state index is -4.10. The van der Waals surface area contributed by atoms with Crippen LogP contribution in [0.15, 0.2) is 23.1 Å². The summed E-state index contributed by atoms with van der Waals surface area (Å²) in [5, 5.41) is 19.7. The van der Waals surface area contributed by atoms with Gasteiger partial charge in [0.25, 0.3) is 5.69 Å². The molecule has 0 spiro atoms. The predicted molar refractivity (Wildman–Crippen MR) is 74.5 cm³/mol. The third kappa shape index (κ3) is 3.76. The summed E-state index contributed by atoms with van der Waals surface area (Å²) >= 11 is 0. The first-order valence-electron chi connectivity index (χ1n) is 6.17. The average Bonchev–Trinajstić information content (AvgIpc) is 2.37. The molecule has 1 aromatic carbocycles. The number of benzene rings is 1. The van der Waals surface area contributed by atoms with Gasteiger partial charge in [-0.05, 0) is 19.4 Å². The fourth-order valence-electron chi connectivity index (χ4n) is 1.90. The highest BCUT2D eigenvalue weighted by Gasteiger charge is 2.29.